The third-order valence-corrected chi connectivity index (χ3v) is 3.70. The maximum atomic E-state index is 11.1. The predicted molar refractivity (Wildman–Crippen MR) is 82.2 cm³/mol. The van der Waals surface area contributed by atoms with Crippen LogP contribution in [0.4, 0.5) is 17.1 Å². The van der Waals surface area contributed by atoms with Crippen molar-refractivity contribution in [1.29, 1.82) is 0 Å². The van der Waals surface area contributed by atoms with E-state index in [1.807, 2.05) is 0 Å². The summed E-state index contributed by atoms with van der Waals surface area (Å²) < 4.78 is 5.79. The number of benzene rings is 1. The summed E-state index contributed by atoms with van der Waals surface area (Å²) in [6.07, 6.45) is 6.33. The number of nitrogens with zero attached hydrogens (tertiary/aromatic N) is 1. The first kappa shape index (κ1) is 15.5. The fraction of sp³-hybridized carbons (Fsp3) is 0.571. The van der Waals surface area contributed by atoms with Gasteiger partial charge in [-0.05, 0) is 25.0 Å². The maximum Gasteiger partial charge on any atom is 0.316 e. The number of nitrogens with one attached hydrogen (secondary N) is 2. The minimum absolute atomic E-state index is 0.0438. The minimum atomic E-state index is -0.445. The van der Waals surface area contributed by atoms with E-state index in [0.717, 1.165) is 12.8 Å². The van der Waals surface area contributed by atoms with E-state index in [0.29, 0.717) is 24.9 Å². The molecule has 0 unspecified atom stereocenters. The summed E-state index contributed by atoms with van der Waals surface area (Å²) in [7, 11) is 0. The third-order valence-electron chi connectivity index (χ3n) is 3.70. The molecule has 0 spiro atoms. The third kappa shape index (κ3) is 4.30. The first-order valence-corrected chi connectivity index (χ1v) is 7.32. The second-order valence-electron chi connectivity index (χ2n) is 5.16. The molecule has 1 fully saturated rings. The van der Waals surface area contributed by atoms with Gasteiger partial charge in [0.25, 0.3) is 0 Å². The van der Waals surface area contributed by atoms with E-state index in [9.17, 15) is 10.1 Å². The Balaban J connectivity index is 1.86. The van der Waals surface area contributed by atoms with Crippen LogP contribution in [0.5, 0.6) is 0 Å². The van der Waals surface area contributed by atoms with Gasteiger partial charge in [0.05, 0.1) is 17.6 Å². The SMILES string of the molecule is NNc1cccc(NCCOC2CCCCC2)c1[N+](=O)[O-]. The molecule has 1 aromatic rings. The number of nitrogen functional groups attached to an aromatic ring is 1. The van der Waals surface area contributed by atoms with Gasteiger partial charge < -0.3 is 15.5 Å². The monoisotopic (exact) mass is 294 g/mol. The number of nitrogens with two attached hydrogens (primary N) is 1. The molecule has 0 amide bonds. The molecule has 1 saturated carbocycles. The van der Waals surface area contributed by atoms with Crippen molar-refractivity contribution in [2.45, 2.75) is 38.2 Å². The summed E-state index contributed by atoms with van der Waals surface area (Å²) in [6.45, 7) is 1.08. The van der Waals surface area contributed by atoms with Gasteiger partial charge in [0, 0.05) is 6.54 Å². The molecule has 0 radical (unpaired) electrons. The highest BCUT2D eigenvalue weighted by Crippen LogP contribution is 2.31. The highest BCUT2D eigenvalue weighted by molar-refractivity contribution is 5.75. The fourth-order valence-electron chi connectivity index (χ4n) is 2.64. The second kappa shape index (κ2) is 7.80. The van der Waals surface area contributed by atoms with Crippen molar-refractivity contribution in [3.05, 3.63) is 28.3 Å². The average Bonchev–Trinajstić information content (AvgIpc) is 2.52. The van der Waals surface area contributed by atoms with Crippen LogP contribution in [-0.4, -0.2) is 24.2 Å². The van der Waals surface area contributed by atoms with Gasteiger partial charge in [-0.1, -0.05) is 25.3 Å². The summed E-state index contributed by atoms with van der Waals surface area (Å²) in [5.41, 5.74) is 3.04. The van der Waals surface area contributed by atoms with Crippen LogP contribution in [-0.2, 0) is 4.74 Å². The van der Waals surface area contributed by atoms with E-state index in [1.165, 1.54) is 19.3 Å². The Labute approximate surface area is 124 Å². The molecule has 4 N–H and O–H groups in total. The van der Waals surface area contributed by atoms with Gasteiger partial charge in [0.1, 0.15) is 11.4 Å². The molecule has 0 aromatic heterocycles. The molecule has 1 aliphatic rings. The van der Waals surface area contributed by atoms with Crippen molar-refractivity contribution in [1.82, 2.24) is 0 Å². The van der Waals surface area contributed by atoms with E-state index in [1.54, 1.807) is 18.2 Å². The largest absolute Gasteiger partial charge is 0.377 e. The Hall–Kier alpha value is -1.86. The van der Waals surface area contributed by atoms with Gasteiger partial charge in [0.2, 0.25) is 0 Å². The van der Waals surface area contributed by atoms with E-state index in [-0.39, 0.29) is 11.4 Å². The topological polar surface area (TPSA) is 102 Å². The zero-order chi connectivity index (χ0) is 15.1. The van der Waals surface area contributed by atoms with E-state index >= 15 is 0 Å². The predicted octanol–water partition coefficient (Wildman–Crippen LogP) is 2.64. The molecule has 1 aliphatic carbocycles. The molecule has 21 heavy (non-hydrogen) atoms. The van der Waals surface area contributed by atoms with Crippen LogP contribution in [0.15, 0.2) is 18.2 Å². The van der Waals surface area contributed by atoms with Crippen LogP contribution in [0.2, 0.25) is 0 Å². The lowest BCUT2D eigenvalue weighted by Gasteiger charge is -2.22. The molecule has 0 atom stereocenters. The number of nitro groups is 1. The molecule has 7 heteroatoms. The number of anilines is 2. The van der Waals surface area contributed by atoms with Crippen molar-refractivity contribution in [2.24, 2.45) is 5.84 Å². The first-order valence-electron chi connectivity index (χ1n) is 7.32. The number of para-hydroxylation sites is 1. The minimum Gasteiger partial charge on any atom is -0.377 e. The highest BCUT2D eigenvalue weighted by Gasteiger charge is 2.19. The van der Waals surface area contributed by atoms with Crippen LogP contribution in [0.25, 0.3) is 0 Å². The maximum absolute atomic E-state index is 11.1. The molecule has 7 nitrogen and oxygen atoms in total. The standard InChI is InChI=1S/C14H22N4O3/c15-17-13-8-4-7-12(14(13)18(19)20)16-9-10-21-11-5-2-1-3-6-11/h4,7-8,11,16-17H,1-3,5-6,9-10,15H2. The lowest BCUT2D eigenvalue weighted by molar-refractivity contribution is -0.383. The summed E-state index contributed by atoms with van der Waals surface area (Å²) in [5.74, 6) is 5.30. The summed E-state index contributed by atoms with van der Waals surface area (Å²) >= 11 is 0. The van der Waals surface area contributed by atoms with E-state index < -0.39 is 4.92 Å². The highest BCUT2D eigenvalue weighted by atomic mass is 16.6. The Morgan fingerprint density at radius 2 is 2.00 bits per heavy atom. The summed E-state index contributed by atoms with van der Waals surface area (Å²) in [4.78, 5) is 10.7. The molecule has 0 bridgehead atoms. The molecule has 116 valence electrons. The summed E-state index contributed by atoms with van der Waals surface area (Å²) in [6, 6.07) is 4.95. The molecule has 0 saturated heterocycles. The van der Waals surface area contributed by atoms with E-state index in [4.69, 9.17) is 10.6 Å². The van der Waals surface area contributed by atoms with E-state index in [2.05, 4.69) is 10.7 Å². The van der Waals surface area contributed by atoms with Gasteiger partial charge in [-0.3, -0.25) is 16.0 Å². The smallest absolute Gasteiger partial charge is 0.316 e. The lowest BCUT2D eigenvalue weighted by atomic mass is 9.98. The van der Waals surface area contributed by atoms with Gasteiger partial charge in [-0.2, -0.15) is 0 Å². The van der Waals surface area contributed by atoms with Gasteiger partial charge >= 0.3 is 5.69 Å². The van der Waals surface area contributed by atoms with Crippen molar-refractivity contribution in [2.75, 3.05) is 23.9 Å². The van der Waals surface area contributed by atoms with Crippen molar-refractivity contribution < 1.29 is 9.66 Å². The molecular weight excluding hydrogens is 272 g/mol. The molecule has 0 heterocycles. The van der Waals surface area contributed by atoms with Crippen LogP contribution < -0.4 is 16.6 Å². The number of ether oxygens (including phenoxy) is 1. The number of hydrogen-bond donors (Lipinski definition) is 3. The van der Waals surface area contributed by atoms with Crippen LogP contribution in [0, 0.1) is 10.1 Å². The molecular formula is C14H22N4O3. The van der Waals surface area contributed by atoms with Crippen molar-refractivity contribution in [3.8, 4) is 0 Å². The Bertz CT molecular complexity index is 475. The normalized spacial score (nSPS) is 15.7. The number of nitro benzene ring substituents is 1. The van der Waals surface area contributed by atoms with Crippen LogP contribution >= 0.6 is 0 Å². The van der Waals surface area contributed by atoms with Gasteiger partial charge in [0.15, 0.2) is 0 Å². The van der Waals surface area contributed by atoms with Crippen molar-refractivity contribution in [3.63, 3.8) is 0 Å². The molecule has 2 rings (SSSR count). The Kier molecular flexibility index (Phi) is 5.77. The quantitative estimate of drug-likeness (QED) is 0.309. The first-order chi connectivity index (χ1) is 10.2. The van der Waals surface area contributed by atoms with Crippen LogP contribution in [0.1, 0.15) is 32.1 Å². The molecule has 0 aliphatic heterocycles. The second-order valence-corrected chi connectivity index (χ2v) is 5.16. The molecule has 1 aromatic carbocycles. The zero-order valence-electron chi connectivity index (χ0n) is 12.0. The fourth-order valence-corrected chi connectivity index (χ4v) is 2.64. The number of hydrazine groups is 1. The summed E-state index contributed by atoms with van der Waals surface area (Å²) in [5, 5.41) is 14.2. The number of rotatable bonds is 7. The van der Waals surface area contributed by atoms with Gasteiger partial charge in [-0.15, -0.1) is 0 Å². The van der Waals surface area contributed by atoms with Crippen LogP contribution in [0.3, 0.4) is 0 Å². The van der Waals surface area contributed by atoms with Gasteiger partial charge in [-0.25, -0.2) is 0 Å². The van der Waals surface area contributed by atoms with Crippen molar-refractivity contribution >= 4 is 17.1 Å². The lowest BCUT2D eigenvalue weighted by Crippen LogP contribution is -2.20. The Morgan fingerprint density at radius 1 is 1.29 bits per heavy atom. The average molecular weight is 294 g/mol. The number of hydrogen-bond acceptors (Lipinski definition) is 6. The zero-order valence-corrected chi connectivity index (χ0v) is 12.0. The Morgan fingerprint density at radius 3 is 2.67 bits per heavy atom.